The van der Waals surface area contributed by atoms with Crippen LogP contribution in [-0.4, -0.2) is 34.8 Å². The molecule has 1 aliphatic rings. The fraction of sp³-hybridized carbons (Fsp3) is 0.438. The lowest BCUT2D eigenvalue weighted by molar-refractivity contribution is 0.111. The van der Waals surface area contributed by atoms with Crippen LogP contribution in [-0.2, 0) is 18.3 Å². The highest BCUT2D eigenvalue weighted by molar-refractivity contribution is 5.77. The van der Waals surface area contributed by atoms with E-state index in [0.717, 1.165) is 19.4 Å². The Bertz CT molecular complexity index is 765. The predicted molar refractivity (Wildman–Crippen MR) is 86.2 cm³/mol. The minimum atomic E-state index is -0.289. The Morgan fingerprint density at radius 3 is 3.00 bits per heavy atom. The molecule has 0 saturated carbocycles. The molecule has 1 saturated heterocycles. The number of amides is 2. The molecular formula is C16H20N4O3. The van der Waals surface area contributed by atoms with Gasteiger partial charge < -0.3 is 15.4 Å². The number of nitrogens with zero attached hydrogens (tertiary/aromatic N) is 2. The Morgan fingerprint density at radius 2 is 2.22 bits per heavy atom. The molecule has 1 unspecified atom stereocenters. The van der Waals surface area contributed by atoms with Crippen molar-refractivity contribution < 1.29 is 9.53 Å². The molecule has 2 aromatic rings. The Hall–Kier alpha value is -2.41. The number of carbonyl (C=O) groups excluding carboxylic acids is 1. The van der Waals surface area contributed by atoms with E-state index in [-0.39, 0.29) is 24.2 Å². The molecule has 2 amide bonds. The van der Waals surface area contributed by atoms with Crippen LogP contribution in [0.1, 0.15) is 18.7 Å². The van der Waals surface area contributed by atoms with Crippen molar-refractivity contribution in [3.63, 3.8) is 0 Å². The van der Waals surface area contributed by atoms with E-state index in [0.29, 0.717) is 23.3 Å². The Balaban J connectivity index is 1.63. The maximum Gasteiger partial charge on any atom is 0.315 e. The first-order chi connectivity index (χ1) is 11.1. The van der Waals surface area contributed by atoms with Crippen molar-refractivity contribution in [1.82, 2.24) is 20.2 Å². The van der Waals surface area contributed by atoms with E-state index in [9.17, 15) is 9.59 Å². The summed E-state index contributed by atoms with van der Waals surface area (Å²) in [6.45, 7) is 1.45. The molecule has 0 radical (unpaired) electrons. The van der Waals surface area contributed by atoms with Crippen LogP contribution in [0.3, 0.4) is 0 Å². The highest BCUT2D eigenvalue weighted by Crippen LogP contribution is 2.10. The average molecular weight is 316 g/mol. The molecule has 7 heteroatoms. The minimum Gasteiger partial charge on any atom is -0.376 e. The van der Waals surface area contributed by atoms with Crippen molar-refractivity contribution in [2.75, 3.05) is 13.2 Å². The topological polar surface area (TPSA) is 85.2 Å². The largest absolute Gasteiger partial charge is 0.376 e. The molecule has 1 fully saturated rings. The lowest BCUT2D eigenvalue weighted by Crippen LogP contribution is -2.40. The third-order valence-electron chi connectivity index (χ3n) is 4.00. The molecule has 1 aromatic heterocycles. The Kier molecular flexibility index (Phi) is 4.57. The first kappa shape index (κ1) is 15.5. The van der Waals surface area contributed by atoms with Gasteiger partial charge in [-0.05, 0) is 25.0 Å². The summed E-state index contributed by atoms with van der Waals surface area (Å²) in [7, 11) is 1.66. The van der Waals surface area contributed by atoms with Gasteiger partial charge >= 0.3 is 6.03 Å². The van der Waals surface area contributed by atoms with Gasteiger partial charge in [-0.2, -0.15) is 0 Å². The highest BCUT2D eigenvalue weighted by Gasteiger charge is 2.16. The molecule has 0 aliphatic carbocycles. The fourth-order valence-electron chi connectivity index (χ4n) is 2.66. The van der Waals surface area contributed by atoms with E-state index in [2.05, 4.69) is 15.6 Å². The number of para-hydroxylation sites is 1. The Labute approximate surface area is 133 Å². The van der Waals surface area contributed by atoms with Gasteiger partial charge in [0.15, 0.2) is 0 Å². The van der Waals surface area contributed by atoms with Gasteiger partial charge in [0.05, 0.1) is 23.6 Å². The molecule has 122 valence electrons. The van der Waals surface area contributed by atoms with Gasteiger partial charge in [-0.15, -0.1) is 0 Å². The summed E-state index contributed by atoms with van der Waals surface area (Å²) in [5.74, 6) is 0.515. The second-order valence-corrected chi connectivity index (χ2v) is 5.61. The van der Waals surface area contributed by atoms with Crippen LogP contribution in [0.15, 0.2) is 29.1 Å². The van der Waals surface area contributed by atoms with Crippen LogP contribution in [0, 0.1) is 0 Å². The van der Waals surface area contributed by atoms with E-state index >= 15 is 0 Å². The number of benzene rings is 1. The molecule has 7 nitrogen and oxygen atoms in total. The van der Waals surface area contributed by atoms with Crippen molar-refractivity contribution in [3.8, 4) is 0 Å². The number of aromatic nitrogens is 2. The lowest BCUT2D eigenvalue weighted by atomic mass is 10.2. The van der Waals surface area contributed by atoms with Crippen LogP contribution in [0.5, 0.6) is 0 Å². The molecule has 0 bridgehead atoms. The summed E-state index contributed by atoms with van der Waals surface area (Å²) in [4.78, 5) is 28.6. The second kappa shape index (κ2) is 6.78. The number of urea groups is 1. The first-order valence-electron chi connectivity index (χ1n) is 7.73. The lowest BCUT2D eigenvalue weighted by Gasteiger charge is -2.13. The average Bonchev–Trinajstić information content (AvgIpc) is 3.08. The minimum absolute atomic E-state index is 0.101. The SMILES string of the molecule is Cn1c(CNC(=O)NCC2CCCO2)nc2ccccc2c1=O. The Morgan fingerprint density at radius 1 is 1.39 bits per heavy atom. The fourth-order valence-corrected chi connectivity index (χ4v) is 2.66. The zero-order valence-electron chi connectivity index (χ0n) is 13.0. The normalized spacial score (nSPS) is 17.3. The number of ether oxygens (including phenoxy) is 1. The maximum atomic E-state index is 12.3. The summed E-state index contributed by atoms with van der Waals surface area (Å²) >= 11 is 0. The van der Waals surface area contributed by atoms with Crippen LogP contribution >= 0.6 is 0 Å². The molecule has 3 rings (SSSR count). The smallest absolute Gasteiger partial charge is 0.315 e. The van der Waals surface area contributed by atoms with Gasteiger partial charge in [-0.25, -0.2) is 9.78 Å². The van der Waals surface area contributed by atoms with Crippen molar-refractivity contribution in [3.05, 3.63) is 40.4 Å². The monoisotopic (exact) mass is 316 g/mol. The van der Waals surface area contributed by atoms with Crippen LogP contribution in [0.2, 0.25) is 0 Å². The molecule has 0 spiro atoms. The first-order valence-corrected chi connectivity index (χ1v) is 7.73. The van der Waals surface area contributed by atoms with E-state index in [1.807, 2.05) is 12.1 Å². The summed E-state index contributed by atoms with van der Waals surface area (Å²) in [6.07, 6.45) is 2.11. The standard InChI is InChI=1S/C16H20N4O3/c1-20-14(19-13-7-3-2-6-12(13)15(20)21)10-18-16(22)17-9-11-5-4-8-23-11/h2-3,6-7,11H,4-5,8-10H2,1H3,(H2,17,18,22). The molecule has 1 aromatic carbocycles. The zero-order chi connectivity index (χ0) is 16.2. The molecule has 2 N–H and O–H groups in total. The number of carbonyl (C=O) groups is 1. The highest BCUT2D eigenvalue weighted by atomic mass is 16.5. The molecular weight excluding hydrogens is 296 g/mol. The molecule has 1 atom stereocenters. The van der Waals surface area contributed by atoms with Crippen molar-refractivity contribution >= 4 is 16.9 Å². The van der Waals surface area contributed by atoms with Crippen LogP contribution in [0.25, 0.3) is 10.9 Å². The summed E-state index contributed by atoms with van der Waals surface area (Å²) in [5.41, 5.74) is 0.513. The van der Waals surface area contributed by atoms with Gasteiger partial charge in [-0.1, -0.05) is 12.1 Å². The van der Waals surface area contributed by atoms with Crippen molar-refractivity contribution in [2.45, 2.75) is 25.5 Å². The van der Waals surface area contributed by atoms with Crippen LogP contribution < -0.4 is 16.2 Å². The number of hydrogen-bond donors (Lipinski definition) is 2. The second-order valence-electron chi connectivity index (χ2n) is 5.61. The predicted octanol–water partition coefficient (Wildman–Crippen LogP) is 0.912. The van der Waals surface area contributed by atoms with Crippen molar-refractivity contribution in [2.24, 2.45) is 7.05 Å². The summed E-state index contributed by atoms with van der Waals surface area (Å²) in [6, 6.07) is 6.89. The van der Waals surface area contributed by atoms with Gasteiger partial charge in [0.25, 0.3) is 5.56 Å². The zero-order valence-corrected chi connectivity index (χ0v) is 13.0. The van der Waals surface area contributed by atoms with Gasteiger partial charge in [-0.3, -0.25) is 9.36 Å². The molecule has 2 heterocycles. The maximum absolute atomic E-state index is 12.3. The molecule has 1 aliphatic heterocycles. The van der Waals surface area contributed by atoms with Gasteiger partial charge in [0.2, 0.25) is 0 Å². The third kappa shape index (κ3) is 3.50. The van der Waals surface area contributed by atoms with E-state index in [1.165, 1.54) is 4.57 Å². The third-order valence-corrected chi connectivity index (χ3v) is 4.00. The van der Waals surface area contributed by atoms with E-state index in [1.54, 1.807) is 19.2 Å². The van der Waals surface area contributed by atoms with E-state index < -0.39 is 0 Å². The summed E-state index contributed by atoms with van der Waals surface area (Å²) < 4.78 is 6.91. The van der Waals surface area contributed by atoms with Crippen molar-refractivity contribution in [1.29, 1.82) is 0 Å². The summed E-state index contributed by atoms with van der Waals surface area (Å²) in [5, 5.41) is 6.07. The number of rotatable bonds is 4. The quantitative estimate of drug-likeness (QED) is 0.878. The number of fused-ring (bicyclic) bond motifs is 1. The number of nitrogens with one attached hydrogen (secondary N) is 2. The molecule has 23 heavy (non-hydrogen) atoms. The number of hydrogen-bond acceptors (Lipinski definition) is 4. The van der Waals surface area contributed by atoms with E-state index in [4.69, 9.17) is 4.74 Å². The van der Waals surface area contributed by atoms with Gasteiger partial charge in [0.1, 0.15) is 5.82 Å². The van der Waals surface area contributed by atoms with Crippen LogP contribution in [0.4, 0.5) is 4.79 Å². The van der Waals surface area contributed by atoms with Gasteiger partial charge in [0, 0.05) is 20.2 Å².